The molecule has 0 bridgehead atoms. The maximum absolute atomic E-state index is 3.87. The molecule has 0 saturated heterocycles. The minimum atomic E-state index is 0.542. The predicted molar refractivity (Wildman–Crippen MR) is 33.1 cm³/mol. The van der Waals surface area contributed by atoms with E-state index in [2.05, 4.69) is 25.3 Å². The second-order valence-electron chi connectivity index (χ2n) is 2.06. The van der Waals surface area contributed by atoms with Crippen molar-refractivity contribution in [3.8, 4) is 0 Å². The Labute approximate surface area is 44.4 Å². The van der Waals surface area contributed by atoms with Crippen LogP contribution in [0.25, 0.3) is 0 Å². The smallest absolute Gasteiger partial charge is 0.133 e. The Morgan fingerprint density at radius 2 is 2.57 bits per heavy atom. The minimum Gasteiger partial charge on any atom is -0.315 e. The molecular formula is C4H9BN2. The van der Waals surface area contributed by atoms with Gasteiger partial charge in [0.25, 0.3) is 0 Å². The van der Waals surface area contributed by atoms with E-state index in [0.29, 0.717) is 11.9 Å². The van der Waals surface area contributed by atoms with Crippen LogP contribution < -0.4 is 5.43 Å². The minimum absolute atomic E-state index is 0.542. The van der Waals surface area contributed by atoms with Crippen LogP contribution >= 0.6 is 0 Å². The standard InChI is InChI=1S/C4H9BN2/c1-3-2-6-7-4(3)5/h2-4,7H,5H2,1H3. The van der Waals surface area contributed by atoms with E-state index in [9.17, 15) is 0 Å². The Hall–Kier alpha value is -0.465. The van der Waals surface area contributed by atoms with Gasteiger partial charge in [-0.2, -0.15) is 5.10 Å². The maximum atomic E-state index is 3.87. The molecule has 1 N–H and O–H groups in total. The zero-order chi connectivity index (χ0) is 5.28. The number of nitrogens with zero attached hydrogens (tertiary/aromatic N) is 1. The number of rotatable bonds is 0. The van der Waals surface area contributed by atoms with E-state index in [4.69, 9.17) is 0 Å². The van der Waals surface area contributed by atoms with Crippen molar-refractivity contribution in [1.82, 2.24) is 5.43 Å². The van der Waals surface area contributed by atoms with E-state index in [1.165, 1.54) is 0 Å². The van der Waals surface area contributed by atoms with Gasteiger partial charge >= 0.3 is 0 Å². The zero-order valence-electron chi connectivity index (χ0n) is 4.68. The lowest BCUT2D eigenvalue weighted by Crippen LogP contribution is -2.25. The summed E-state index contributed by atoms with van der Waals surface area (Å²) in [6.07, 6.45) is 1.94. The summed E-state index contributed by atoms with van der Waals surface area (Å²) in [6.45, 7) is 2.15. The maximum Gasteiger partial charge on any atom is 0.133 e. The van der Waals surface area contributed by atoms with Crippen LogP contribution in [-0.4, -0.2) is 20.0 Å². The molecule has 3 heteroatoms. The molecule has 2 nitrogen and oxygen atoms in total. The SMILES string of the molecule is BC1NN=CC1C. The number of hydrazone groups is 1. The summed E-state index contributed by atoms with van der Waals surface area (Å²) in [7, 11) is 2.12. The number of nitrogens with one attached hydrogen (secondary N) is 1. The Kier molecular flexibility index (Phi) is 1.05. The second-order valence-corrected chi connectivity index (χ2v) is 2.06. The molecule has 1 aliphatic heterocycles. The summed E-state index contributed by atoms with van der Waals surface area (Å²) in [4.78, 5) is 0. The van der Waals surface area contributed by atoms with Gasteiger partial charge in [-0.15, -0.1) is 0 Å². The van der Waals surface area contributed by atoms with Crippen LogP contribution in [0, 0.1) is 5.92 Å². The van der Waals surface area contributed by atoms with Gasteiger partial charge in [-0.25, -0.2) is 0 Å². The van der Waals surface area contributed by atoms with Crippen molar-refractivity contribution in [2.24, 2.45) is 11.0 Å². The van der Waals surface area contributed by atoms with Gasteiger partial charge < -0.3 is 5.43 Å². The topological polar surface area (TPSA) is 24.4 Å². The molecule has 38 valence electrons. The van der Waals surface area contributed by atoms with Gasteiger partial charge in [-0.3, -0.25) is 0 Å². The van der Waals surface area contributed by atoms with Crippen molar-refractivity contribution >= 4 is 14.1 Å². The van der Waals surface area contributed by atoms with E-state index >= 15 is 0 Å². The van der Waals surface area contributed by atoms with Gasteiger partial charge in [0.15, 0.2) is 0 Å². The lowest BCUT2D eigenvalue weighted by Gasteiger charge is -2.04. The quantitative estimate of drug-likeness (QED) is 0.391. The average Bonchev–Trinajstić information content (AvgIpc) is 1.91. The second kappa shape index (κ2) is 1.56. The molecular weight excluding hydrogens is 86.9 g/mol. The van der Waals surface area contributed by atoms with Gasteiger partial charge in [0.05, 0.1) is 0 Å². The lowest BCUT2D eigenvalue weighted by molar-refractivity contribution is 0.648. The zero-order valence-corrected chi connectivity index (χ0v) is 4.68. The molecule has 0 radical (unpaired) electrons. The van der Waals surface area contributed by atoms with Gasteiger partial charge in [0, 0.05) is 18.1 Å². The molecule has 1 heterocycles. The van der Waals surface area contributed by atoms with Gasteiger partial charge in [0.1, 0.15) is 7.85 Å². The van der Waals surface area contributed by atoms with E-state index in [-0.39, 0.29) is 0 Å². The van der Waals surface area contributed by atoms with Crippen molar-refractivity contribution < 1.29 is 0 Å². The predicted octanol–water partition coefficient (Wildman–Crippen LogP) is -0.829. The van der Waals surface area contributed by atoms with Gasteiger partial charge in [0.2, 0.25) is 0 Å². The first kappa shape index (κ1) is 4.69. The monoisotopic (exact) mass is 96.1 g/mol. The van der Waals surface area contributed by atoms with Crippen molar-refractivity contribution in [2.45, 2.75) is 12.9 Å². The summed E-state index contributed by atoms with van der Waals surface area (Å²) in [5, 5.41) is 3.87. The van der Waals surface area contributed by atoms with Gasteiger partial charge in [-0.1, -0.05) is 6.92 Å². The highest BCUT2D eigenvalue weighted by molar-refractivity contribution is 6.13. The first-order valence-electron chi connectivity index (χ1n) is 2.59. The van der Waals surface area contributed by atoms with E-state index in [1.807, 2.05) is 6.21 Å². The largest absolute Gasteiger partial charge is 0.315 e. The van der Waals surface area contributed by atoms with Crippen molar-refractivity contribution in [3.05, 3.63) is 0 Å². The third-order valence-electron chi connectivity index (χ3n) is 1.38. The summed E-state index contributed by atoms with van der Waals surface area (Å²) >= 11 is 0. The Morgan fingerprint density at radius 1 is 1.86 bits per heavy atom. The highest BCUT2D eigenvalue weighted by Gasteiger charge is 2.12. The Morgan fingerprint density at radius 3 is 2.71 bits per heavy atom. The van der Waals surface area contributed by atoms with Gasteiger partial charge in [-0.05, 0) is 0 Å². The molecule has 0 aromatic carbocycles. The Balaban J connectivity index is 2.45. The van der Waals surface area contributed by atoms with Crippen LogP contribution in [0.3, 0.4) is 0 Å². The van der Waals surface area contributed by atoms with E-state index in [0.717, 1.165) is 0 Å². The molecule has 0 aliphatic carbocycles. The van der Waals surface area contributed by atoms with E-state index in [1.54, 1.807) is 0 Å². The summed E-state index contributed by atoms with van der Waals surface area (Å²) in [5.74, 6) is 1.15. The highest BCUT2D eigenvalue weighted by atomic mass is 15.3. The van der Waals surface area contributed by atoms with E-state index < -0.39 is 0 Å². The highest BCUT2D eigenvalue weighted by Crippen LogP contribution is 1.99. The summed E-state index contributed by atoms with van der Waals surface area (Å²) < 4.78 is 0. The summed E-state index contributed by atoms with van der Waals surface area (Å²) in [6, 6.07) is 0. The molecule has 1 rings (SSSR count). The fourth-order valence-corrected chi connectivity index (χ4v) is 0.525. The first-order chi connectivity index (χ1) is 3.30. The van der Waals surface area contributed by atoms with Crippen LogP contribution in [0.4, 0.5) is 0 Å². The molecule has 7 heavy (non-hydrogen) atoms. The Bertz CT molecular complexity index is 91.7. The molecule has 2 atom stereocenters. The normalized spacial score (nSPS) is 38.4. The molecule has 0 aromatic rings. The fourth-order valence-electron chi connectivity index (χ4n) is 0.525. The first-order valence-corrected chi connectivity index (χ1v) is 2.59. The summed E-state index contributed by atoms with van der Waals surface area (Å²) in [5.41, 5.74) is 2.94. The molecule has 0 fully saturated rings. The molecule has 2 unspecified atom stereocenters. The van der Waals surface area contributed by atoms with Crippen LogP contribution in [0.1, 0.15) is 6.92 Å². The average molecular weight is 95.9 g/mol. The number of hydrogen-bond donors (Lipinski definition) is 1. The molecule has 0 amide bonds. The third-order valence-corrected chi connectivity index (χ3v) is 1.38. The molecule has 1 aliphatic rings. The number of hydrogen-bond acceptors (Lipinski definition) is 2. The molecule has 0 aromatic heterocycles. The van der Waals surface area contributed by atoms with Crippen LogP contribution in [0.2, 0.25) is 0 Å². The van der Waals surface area contributed by atoms with Crippen LogP contribution in [0.5, 0.6) is 0 Å². The van der Waals surface area contributed by atoms with Crippen molar-refractivity contribution in [1.29, 1.82) is 0 Å². The fraction of sp³-hybridized carbons (Fsp3) is 0.750. The lowest BCUT2D eigenvalue weighted by atomic mass is 9.87. The van der Waals surface area contributed by atoms with Crippen molar-refractivity contribution in [3.63, 3.8) is 0 Å². The van der Waals surface area contributed by atoms with Crippen LogP contribution in [-0.2, 0) is 0 Å². The van der Waals surface area contributed by atoms with Crippen LogP contribution in [0.15, 0.2) is 5.10 Å². The molecule has 0 spiro atoms. The molecule has 0 saturated carbocycles. The van der Waals surface area contributed by atoms with Crippen molar-refractivity contribution in [2.75, 3.05) is 0 Å². The third kappa shape index (κ3) is 0.761.